The highest BCUT2D eigenvalue weighted by atomic mass is 32.1. The SMILES string of the molecule is CCOc1cccc2cc(C(=O)Nc3sc4c(c3-c3nc5ccccc5s3)CCC(C)C4)oc12. The Morgan fingerprint density at radius 1 is 1.21 bits per heavy atom. The highest BCUT2D eigenvalue weighted by molar-refractivity contribution is 7.23. The second kappa shape index (κ2) is 8.56. The third kappa shape index (κ3) is 3.69. The Morgan fingerprint density at radius 2 is 2.09 bits per heavy atom. The van der Waals surface area contributed by atoms with Crippen LogP contribution in [0.25, 0.3) is 31.8 Å². The number of thiophene rings is 1. The first-order valence-corrected chi connectivity index (χ1v) is 13.2. The van der Waals surface area contributed by atoms with E-state index in [1.165, 1.54) is 10.4 Å². The van der Waals surface area contributed by atoms with E-state index in [-0.39, 0.29) is 11.7 Å². The lowest BCUT2D eigenvalue weighted by molar-refractivity contribution is 0.0999. The molecule has 5 aromatic rings. The summed E-state index contributed by atoms with van der Waals surface area (Å²) in [4.78, 5) is 19.6. The van der Waals surface area contributed by atoms with Gasteiger partial charge in [-0.05, 0) is 61.9 Å². The molecule has 3 heterocycles. The molecular formula is C27H24N2O3S2. The Balaban J connectivity index is 1.41. The van der Waals surface area contributed by atoms with Crippen LogP contribution in [-0.4, -0.2) is 17.5 Å². The maximum absolute atomic E-state index is 13.3. The summed E-state index contributed by atoms with van der Waals surface area (Å²) in [5, 5.41) is 5.83. The third-order valence-corrected chi connectivity index (χ3v) is 8.50. The monoisotopic (exact) mass is 488 g/mol. The lowest BCUT2D eigenvalue weighted by Crippen LogP contribution is -2.11. The Bertz CT molecular complexity index is 1490. The maximum atomic E-state index is 13.3. The number of hydrogen-bond donors (Lipinski definition) is 1. The van der Waals surface area contributed by atoms with E-state index in [2.05, 4.69) is 18.3 Å². The highest BCUT2D eigenvalue weighted by Gasteiger charge is 2.28. The lowest BCUT2D eigenvalue weighted by Gasteiger charge is -2.18. The zero-order valence-corrected chi connectivity index (χ0v) is 20.6. The van der Waals surface area contributed by atoms with E-state index in [9.17, 15) is 4.79 Å². The predicted molar refractivity (Wildman–Crippen MR) is 139 cm³/mol. The molecule has 0 saturated heterocycles. The number of para-hydroxylation sites is 2. The lowest BCUT2D eigenvalue weighted by atomic mass is 9.88. The Labute approximate surface area is 205 Å². The smallest absolute Gasteiger partial charge is 0.292 e. The van der Waals surface area contributed by atoms with Crippen LogP contribution in [0.1, 0.15) is 41.3 Å². The van der Waals surface area contributed by atoms with Crippen LogP contribution in [0.4, 0.5) is 5.00 Å². The van der Waals surface area contributed by atoms with E-state index in [0.29, 0.717) is 23.9 Å². The number of furan rings is 1. The van der Waals surface area contributed by atoms with Crippen LogP contribution in [-0.2, 0) is 12.8 Å². The zero-order chi connectivity index (χ0) is 23.2. The Kier molecular flexibility index (Phi) is 5.38. The molecule has 3 aromatic heterocycles. The number of carbonyl (C=O) groups excluding carboxylic acids is 1. The minimum atomic E-state index is -0.257. The quantitative estimate of drug-likeness (QED) is 0.277. The molecular weight excluding hydrogens is 464 g/mol. The van der Waals surface area contributed by atoms with Gasteiger partial charge in [-0.2, -0.15) is 0 Å². The molecule has 0 fully saturated rings. The first kappa shape index (κ1) is 21.4. The maximum Gasteiger partial charge on any atom is 0.292 e. The molecule has 5 nitrogen and oxygen atoms in total. The average molecular weight is 489 g/mol. The largest absolute Gasteiger partial charge is 0.490 e. The van der Waals surface area contributed by atoms with E-state index in [0.717, 1.165) is 50.4 Å². The van der Waals surface area contributed by atoms with Gasteiger partial charge in [0.2, 0.25) is 0 Å². The van der Waals surface area contributed by atoms with Crippen molar-refractivity contribution < 1.29 is 13.9 Å². The van der Waals surface area contributed by atoms with Crippen molar-refractivity contribution in [3.63, 3.8) is 0 Å². The van der Waals surface area contributed by atoms with Crippen molar-refractivity contribution in [3.05, 3.63) is 64.7 Å². The van der Waals surface area contributed by atoms with Gasteiger partial charge >= 0.3 is 0 Å². The molecule has 1 N–H and O–H groups in total. The topological polar surface area (TPSA) is 64.4 Å². The van der Waals surface area contributed by atoms with Crippen LogP contribution in [0, 0.1) is 5.92 Å². The summed E-state index contributed by atoms with van der Waals surface area (Å²) in [6.07, 6.45) is 3.20. The summed E-state index contributed by atoms with van der Waals surface area (Å²) in [5.74, 6) is 1.31. The number of amides is 1. The van der Waals surface area contributed by atoms with Crippen molar-refractivity contribution in [3.8, 4) is 16.3 Å². The van der Waals surface area contributed by atoms with Crippen molar-refractivity contribution in [1.29, 1.82) is 0 Å². The molecule has 7 heteroatoms. The van der Waals surface area contributed by atoms with Gasteiger partial charge in [0.25, 0.3) is 5.91 Å². The van der Waals surface area contributed by atoms with Crippen molar-refractivity contribution in [2.24, 2.45) is 5.92 Å². The molecule has 0 bridgehead atoms. The van der Waals surface area contributed by atoms with Crippen LogP contribution in [0.3, 0.4) is 0 Å². The molecule has 0 radical (unpaired) electrons. The number of nitrogens with zero attached hydrogens (tertiary/aromatic N) is 1. The van der Waals surface area contributed by atoms with Crippen LogP contribution >= 0.6 is 22.7 Å². The van der Waals surface area contributed by atoms with Crippen molar-refractivity contribution in [1.82, 2.24) is 4.98 Å². The number of fused-ring (bicyclic) bond motifs is 3. The van der Waals surface area contributed by atoms with Crippen LogP contribution < -0.4 is 10.1 Å². The van der Waals surface area contributed by atoms with Gasteiger partial charge in [-0.15, -0.1) is 22.7 Å². The Morgan fingerprint density at radius 3 is 2.94 bits per heavy atom. The number of nitrogens with one attached hydrogen (secondary N) is 1. The molecule has 34 heavy (non-hydrogen) atoms. The molecule has 1 amide bonds. The molecule has 2 aromatic carbocycles. The normalized spacial score (nSPS) is 15.5. The van der Waals surface area contributed by atoms with Gasteiger partial charge in [0.15, 0.2) is 17.1 Å². The van der Waals surface area contributed by atoms with E-state index in [1.54, 1.807) is 28.7 Å². The van der Waals surface area contributed by atoms with Crippen LogP contribution in [0.2, 0.25) is 0 Å². The van der Waals surface area contributed by atoms with Crippen molar-refractivity contribution >= 4 is 54.8 Å². The number of aromatic nitrogens is 1. The number of anilines is 1. The van der Waals surface area contributed by atoms with Crippen molar-refractivity contribution in [2.75, 3.05) is 11.9 Å². The van der Waals surface area contributed by atoms with E-state index in [4.69, 9.17) is 14.1 Å². The van der Waals surface area contributed by atoms with E-state index < -0.39 is 0 Å². The predicted octanol–water partition coefficient (Wildman–Crippen LogP) is 7.55. The fraction of sp³-hybridized carbons (Fsp3) is 0.259. The minimum absolute atomic E-state index is 0.257. The first-order chi connectivity index (χ1) is 16.6. The minimum Gasteiger partial charge on any atom is -0.490 e. The number of rotatable bonds is 5. The zero-order valence-electron chi connectivity index (χ0n) is 19.0. The van der Waals surface area contributed by atoms with Gasteiger partial charge in [0.05, 0.1) is 16.8 Å². The van der Waals surface area contributed by atoms with Gasteiger partial charge in [-0.3, -0.25) is 4.79 Å². The van der Waals surface area contributed by atoms with Crippen LogP contribution in [0.15, 0.2) is 52.9 Å². The van der Waals surface area contributed by atoms with Crippen LogP contribution in [0.5, 0.6) is 5.75 Å². The van der Waals surface area contributed by atoms with Gasteiger partial charge in [0.1, 0.15) is 10.0 Å². The molecule has 1 aliphatic rings. The third-order valence-electron chi connectivity index (χ3n) is 6.28. The fourth-order valence-electron chi connectivity index (χ4n) is 4.63. The summed E-state index contributed by atoms with van der Waals surface area (Å²) < 4.78 is 12.8. The fourth-order valence-corrected chi connectivity index (χ4v) is 7.14. The van der Waals surface area contributed by atoms with Gasteiger partial charge in [0, 0.05) is 15.8 Å². The molecule has 1 unspecified atom stereocenters. The molecule has 0 spiro atoms. The van der Waals surface area contributed by atoms with Gasteiger partial charge in [-0.25, -0.2) is 4.98 Å². The van der Waals surface area contributed by atoms with Gasteiger partial charge < -0.3 is 14.5 Å². The van der Waals surface area contributed by atoms with Gasteiger partial charge in [-0.1, -0.05) is 31.2 Å². The highest BCUT2D eigenvalue weighted by Crippen LogP contribution is 2.47. The van der Waals surface area contributed by atoms with E-state index in [1.807, 2.05) is 43.3 Å². The summed E-state index contributed by atoms with van der Waals surface area (Å²) in [6.45, 7) is 4.76. The second-order valence-corrected chi connectivity index (χ2v) is 10.9. The Hall–Kier alpha value is -3.16. The molecule has 6 rings (SSSR count). The number of hydrogen-bond acceptors (Lipinski definition) is 6. The summed E-state index contributed by atoms with van der Waals surface area (Å²) >= 11 is 3.36. The van der Waals surface area contributed by atoms with E-state index >= 15 is 0 Å². The first-order valence-electron chi connectivity index (χ1n) is 11.6. The summed E-state index contributed by atoms with van der Waals surface area (Å²) in [7, 11) is 0. The number of thiazole rings is 1. The summed E-state index contributed by atoms with van der Waals surface area (Å²) in [5.41, 5.74) is 4.00. The van der Waals surface area contributed by atoms with Crippen molar-refractivity contribution in [2.45, 2.75) is 33.1 Å². The number of ether oxygens (including phenoxy) is 1. The summed E-state index contributed by atoms with van der Waals surface area (Å²) in [6, 6.07) is 15.7. The number of carbonyl (C=O) groups is 1. The molecule has 0 aliphatic heterocycles. The number of benzene rings is 2. The second-order valence-electron chi connectivity index (χ2n) is 8.71. The standard InChI is InChI=1S/C27H24N2O3S2/c1-3-31-19-9-6-7-16-14-20(32-24(16)19)25(30)29-27-23(17-12-11-15(2)13-22(17)34-27)26-28-18-8-4-5-10-21(18)33-26/h4-10,14-15H,3,11-13H2,1-2H3,(H,29,30). The molecule has 0 saturated carbocycles. The molecule has 1 atom stereocenters. The molecule has 1 aliphatic carbocycles. The average Bonchev–Trinajstić information content (AvgIpc) is 3.53. The molecule has 172 valence electrons.